The van der Waals surface area contributed by atoms with Gasteiger partial charge in [-0.15, -0.1) is 11.1 Å². The standard InChI is InChI=1S/C6H12ClSi2/c1-8(7)5-6-9(2,3)4/h1-4H3. The highest BCUT2D eigenvalue weighted by atomic mass is 35.6. The number of hydrogen-bond donors (Lipinski definition) is 0. The molecule has 0 nitrogen and oxygen atoms in total. The Labute approximate surface area is 64.9 Å². The molecule has 0 heterocycles. The van der Waals surface area contributed by atoms with E-state index in [1.165, 1.54) is 0 Å². The normalized spacial score (nSPS) is 10.9. The van der Waals surface area contributed by atoms with Crippen LogP contribution >= 0.6 is 11.1 Å². The SMILES string of the molecule is C[Si](Cl)C#C[Si](C)(C)C. The molecule has 0 N–H and O–H groups in total. The lowest BCUT2D eigenvalue weighted by Gasteiger charge is -2.03. The molecule has 0 aliphatic rings. The van der Waals surface area contributed by atoms with Gasteiger partial charge in [0.1, 0.15) is 8.07 Å². The number of halogens is 1. The maximum atomic E-state index is 5.73. The molecule has 0 aromatic rings. The predicted molar refractivity (Wildman–Crippen MR) is 48.6 cm³/mol. The molecule has 51 valence electrons. The van der Waals surface area contributed by atoms with Crippen LogP contribution in [0.15, 0.2) is 0 Å². The van der Waals surface area contributed by atoms with Gasteiger partial charge in [-0.2, -0.15) is 11.1 Å². The molecular weight excluding hydrogens is 164 g/mol. The van der Waals surface area contributed by atoms with Crippen molar-refractivity contribution in [3.63, 3.8) is 0 Å². The smallest absolute Gasteiger partial charge is 0.151 e. The molecular formula is C6H12ClSi2. The van der Waals surface area contributed by atoms with E-state index in [1.54, 1.807) is 0 Å². The molecule has 0 spiro atoms. The largest absolute Gasteiger partial charge is 0.249 e. The van der Waals surface area contributed by atoms with E-state index in [4.69, 9.17) is 11.1 Å². The van der Waals surface area contributed by atoms with Crippen LogP contribution in [-0.2, 0) is 0 Å². The first-order valence-electron chi connectivity index (χ1n) is 2.94. The van der Waals surface area contributed by atoms with Crippen molar-refractivity contribution in [1.29, 1.82) is 0 Å². The lowest BCUT2D eigenvalue weighted by atomic mass is 11.4. The van der Waals surface area contributed by atoms with Crippen LogP contribution in [-0.4, -0.2) is 16.2 Å². The molecule has 0 aromatic heterocycles. The van der Waals surface area contributed by atoms with Gasteiger partial charge in [0.2, 0.25) is 8.11 Å². The third kappa shape index (κ3) is 8.28. The fourth-order valence-corrected chi connectivity index (χ4v) is 2.89. The van der Waals surface area contributed by atoms with Crippen LogP contribution in [0.5, 0.6) is 0 Å². The van der Waals surface area contributed by atoms with Crippen molar-refractivity contribution in [3.8, 4) is 11.1 Å². The Kier molecular flexibility index (Phi) is 3.56. The molecule has 0 rings (SSSR count). The van der Waals surface area contributed by atoms with E-state index in [9.17, 15) is 0 Å². The molecule has 0 aromatic carbocycles. The zero-order valence-corrected chi connectivity index (χ0v) is 9.13. The molecule has 0 fully saturated rings. The van der Waals surface area contributed by atoms with Crippen molar-refractivity contribution in [3.05, 3.63) is 0 Å². The molecule has 0 aliphatic carbocycles. The maximum absolute atomic E-state index is 5.73. The molecule has 0 amide bonds. The molecule has 9 heavy (non-hydrogen) atoms. The fourth-order valence-electron chi connectivity index (χ4n) is 0.274. The summed E-state index contributed by atoms with van der Waals surface area (Å²) in [5, 5.41) is 0. The maximum Gasteiger partial charge on any atom is 0.249 e. The summed E-state index contributed by atoms with van der Waals surface area (Å²) in [4.78, 5) is 0. The molecule has 0 unspecified atom stereocenters. The number of rotatable bonds is 0. The fraction of sp³-hybridized carbons (Fsp3) is 0.667. The highest BCUT2D eigenvalue weighted by Crippen LogP contribution is 1.97. The van der Waals surface area contributed by atoms with Crippen molar-refractivity contribution in [1.82, 2.24) is 0 Å². The van der Waals surface area contributed by atoms with Crippen molar-refractivity contribution in [2.24, 2.45) is 0 Å². The first-order valence-corrected chi connectivity index (χ1v) is 9.45. The highest BCUT2D eigenvalue weighted by Gasteiger charge is 2.07. The Morgan fingerprint density at radius 3 is 1.89 bits per heavy atom. The van der Waals surface area contributed by atoms with Gasteiger partial charge in [0.15, 0.2) is 0 Å². The Hall–Kier alpha value is 0.284. The van der Waals surface area contributed by atoms with Crippen molar-refractivity contribution >= 4 is 27.3 Å². The van der Waals surface area contributed by atoms with Crippen LogP contribution in [0, 0.1) is 11.1 Å². The van der Waals surface area contributed by atoms with Crippen LogP contribution in [0.1, 0.15) is 0 Å². The summed E-state index contributed by atoms with van der Waals surface area (Å²) in [5.41, 5.74) is 6.29. The van der Waals surface area contributed by atoms with Crippen LogP contribution in [0.25, 0.3) is 0 Å². The van der Waals surface area contributed by atoms with Gasteiger partial charge in [0, 0.05) is 0 Å². The summed E-state index contributed by atoms with van der Waals surface area (Å²) in [7, 11) is -1.96. The average Bonchev–Trinajstić information content (AvgIpc) is 1.59. The van der Waals surface area contributed by atoms with Crippen LogP contribution in [0.3, 0.4) is 0 Å². The Morgan fingerprint density at radius 1 is 1.33 bits per heavy atom. The van der Waals surface area contributed by atoms with E-state index in [0.717, 1.165) is 0 Å². The second kappa shape index (κ2) is 3.45. The van der Waals surface area contributed by atoms with Gasteiger partial charge in [0.25, 0.3) is 0 Å². The van der Waals surface area contributed by atoms with Gasteiger partial charge in [-0.25, -0.2) is 0 Å². The van der Waals surface area contributed by atoms with E-state index in [-0.39, 0.29) is 0 Å². The van der Waals surface area contributed by atoms with Crippen LogP contribution in [0.4, 0.5) is 0 Å². The Balaban J connectivity index is 3.88. The van der Waals surface area contributed by atoms with Crippen LogP contribution in [0.2, 0.25) is 26.2 Å². The minimum Gasteiger partial charge on any atom is -0.151 e. The highest BCUT2D eigenvalue weighted by molar-refractivity contribution is 7.11. The monoisotopic (exact) mass is 175 g/mol. The molecule has 0 atom stereocenters. The zero-order chi connectivity index (χ0) is 7.49. The summed E-state index contributed by atoms with van der Waals surface area (Å²) in [6.07, 6.45) is 0. The first-order chi connectivity index (χ1) is 3.92. The average molecular weight is 176 g/mol. The van der Waals surface area contributed by atoms with E-state index in [0.29, 0.717) is 0 Å². The van der Waals surface area contributed by atoms with Gasteiger partial charge in [-0.1, -0.05) is 19.6 Å². The van der Waals surface area contributed by atoms with Crippen molar-refractivity contribution in [2.75, 3.05) is 0 Å². The van der Waals surface area contributed by atoms with Gasteiger partial charge in [0.05, 0.1) is 0 Å². The van der Waals surface area contributed by atoms with Crippen molar-refractivity contribution in [2.45, 2.75) is 26.2 Å². The van der Waals surface area contributed by atoms with Gasteiger partial charge < -0.3 is 0 Å². The topological polar surface area (TPSA) is 0 Å². The van der Waals surface area contributed by atoms with E-state index in [1.807, 2.05) is 6.55 Å². The van der Waals surface area contributed by atoms with E-state index >= 15 is 0 Å². The molecule has 0 saturated carbocycles. The molecule has 0 bridgehead atoms. The first kappa shape index (κ1) is 9.28. The van der Waals surface area contributed by atoms with Gasteiger partial charge in [-0.05, 0) is 6.55 Å². The minimum atomic E-state index is -1.14. The second-order valence-corrected chi connectivity index (χ2v) is 10.8. The Bertz CT molecular complexity index is 135. The lowest BCUT2D eigenvalue weighted by molar-refractivity contribution is 1.81. The van der Waals surface area contributed by atoms with E-state index < -0.39 is 16.2 Å². The van der Waals surface area contributed by atoms with Crippen molar-refractivity contribution < 1.29 is 0 Å². The van der Waals surface area contributed by atoms with Gasteiger partial charge >= 0.3 is 0 Å². The predicted octanol–water partition coefficient (Wildman–Crippen LogP) is 2.27. The minimum absolute atomic E-state index is 0.822. The molecule has 3 heteroatoms. The third-order valence-electron chi connectivity index (χ3n) is 0.610. The second-order valence-electron chi connectivity index (χ2n) is 3.03. The van der Waals surface area contributed by atoms with Gasteiger partial charge in [-0.3, -0.25) is 0 Å². The third-order valence-corrected chi connectivity index (χ3v) is 2.49. The summed E-state index contributed by atoms with van der Waals surface area (Å²) >= 11 is 5.73. The zero-order valence-electron chi connectivity index (χ0n) is 6.38. The summed E-state index contributed by atoms with van der Waals surface area (Å²) in [6.45, 7) is 8.67. The number of hydrogen-bond acceptors (Lipinski definition) is 0. The molecule has 1 radical (unpaired) electrons. The summed E-state index contributed by atoms with van der Waals surface area (Å²) in [5.74, 6) is 0. The summed E-state index contributed by atoms with van der Waals surface area (Å²) in [6, 6.07) is 0. The summed E-state index contributed by atoms with van der Waals surface area (Å²) < 4.78 is 0. The Morgan fingerprint density at radius 2 is 1.78 bits per heavy atom. The molecule has 0 saturated heterocycles. The van der Waals surface area contributed by atoms with Crippen LogP contribution < -0.4 is 0 Å². The van der Waals surface area contributed by atoms with E-state index in [2.05, 4.69) is 30.7 Å². The quantitative estimate of drug-likeness (QED) is 0.301. The lowest BCUT2D eigenvalue weighted by Crippen LogP contribution is -2.17. The molecule has 0 aliphatic heterocycles.